The van der Waals surface area contributed by atoms with Crippen LogP contribution < -0.4 is 0 Å². The second-order valence-electron chi connectivity index (χ2n) is 5.60. The molecule has 1 aromatic carbocycles. The van der Waals surface area contributed by atoms with E-state index >= 15 is 0 Å². The van der Waals surface area contributed by atoms with Gasteiger partial charge in [0, 0.05) is 6.20 Å². The number of carbonyl (C=O) groups is 1. The maximum atomic E-state index is 10.9. The highest BCUT2D eigenvalue weighted by atomic mass is 16.4. The Hall–Kier alpha value is -3.66. The molecule has 7 nitrogen and oxygen atoms in total. The minimum absolute atomic E-state index is 0.0504. The van der Waals surface area contributed by atoms with Crippen LogP contribution in [0.4, 0.5) is 0 Å². The van der Waals surface area contributed by atoms with E-state index in [1.165, 1.54) is 29.2 Å². The molecular formula is C18H14N4O3. The van der Waals surface area contributed by atoms with Crippen LogP contribution in [0, 0.1) is 25.2 Å². The Morgan fingerprint density at radius 3 is 2.40 bits per heavy atom. The number of aromatic carboxylic acids is 1. The van der Waals surface area contributed by atoms with Crippen LogP contribution in [0.3, 0.4) is 0 Å². The summed E-state index contributed by atoms with van der Waals surface area (Å²) in [6.45, 7) is 3.72. The lowest BCUT2D eigenvalue weighted by atomic mass is 9.95. The molecule has 7 heteroatoms. The van der Waals surface area contributed by atoms with Crippen molar-refractivity contribution in [3.8, 4) is 28.9 Å². The highest BCUT2D eigenvalue weighted by molar-refractivity contribution is 5.87. The number of aromatic hydroxyl groups is 1. The van der Waals surface area contributed by atoms with Crippen LogP contribution >= 0.6 is 0 Å². The molecule has 0 aliphatic heterocycles. The van der Waals surface area contributed by atoms with Crippen molar-refractivity contribution < 1.29 is 15.0 Å². The van der Waals surface area contributed by atoms with E-state index < -0.39 is 5.97 Å². The van der Waals surface area contributed by atoms with Gasteiger partial charge in [-0.05, 0) is 54.8 Å². The topological polar surface area (TPSA) is 112 Å². The molecule has 3 rings (SSSR count). The summed E-state index contributed by atoms with van der Waals surface area (Å²) in [7, 11) is 0. The van der Waals surface area contributed by atoms with Crippen molar-refractivity contribution in [3.63, 3.8) is 0 Å². The lowest BCUT2D eigenvalue weighted by molar-refractivity contribution is 0.0696. The molecule has 0 radical (unpaired) electrons. The SMILES string of the molecule is Cc1cc(C#N)cc(C)c1-c1cnn(-c2ccc(C(=O)O)cn2)c1O. The normalized spacial score (nSPS) is 10.4. The number of nitrogens with zero attached hydrogens (tertiary/aromatic N) is 4. The summed E-state index contributed by atoms with van der Waals surface area (Å²) in [6, 6.07) is 8.47. The molecule has 0 aliphatic carbocycles. The van der Waals surface area contributed by atoms with Crippen molar-refractivity contribution in [2.75, 3.05) is 0 Å². The smallest absolute Gasteiger partial charge is 0.337 e. The zero-order valence-corrected chi connectivity index (χ0v) is 13.6. The summed E-state index contributed by atoms with van der Waals surface area (Å²) in [5.74, 6) is -0.877. The summed E-state index contributed by atoms with van der Waals surface area (Å²) in [6.07, 6.45) is 2.72. The first-order valence-electron chi connectivity index (χ1n) is 7.40. The van der Waals surface area contributed by atoms with E-state index in [-0.39, 0.29) is 11.4 Å². The van der Waals surface area contributed by atoms with Gasteiger partial charge in [0.15, 0.2) is 5.82 Å². The Morgan fingerprint density at radius 2 is 1.88 bits per heavy atom. The largest absolute Gasteiger partial charge is 0.493 e. The van der Waals surface area contributed by atoms with Gasteiger partial charge in [0.1, 0.15) is 0 Å². The highest BCUT2D eigenvalue weighted by Crippen LogP contribution is 2.35. The number of benzene rings is 1. The van der Waals surface area contributed by atoms with Crippen LogP contribution in [0.5, 0.6) is 5.88 Å². The molecule has 25 heavy (non-hydrogen) atoms. The standard InChI is InChI=1S/C18H14N4O3/c1-10-5-12(7-19)6-11(2)16(10)14-9-21-22(17(14)23)15-4-3-13(8-20-15)18(24)25/h3-6,8-9,23H,1-2H3,(H,24,25). The lowest BCUT2D eigenvalue weighted by Gasteiger charge is -2.10. The first-order chi connectivity index (χ1) is 11.9. The third kappa shape index (κ3) is 2.81. The fourth-order valence-electron chi connectivity index (χ4n) is 2.78. The maximum absolute atomic E-state index is 10.9. The summed E-state index contributed by atoms with van der Waals surface area (Å²) in [4.78, 5) is 14.9. The number of hydrogen-bond donors (Lipinski definition) is 2. The zero-order valence-electron chi connectivity index (χ0n) is 13.6. The molecule has 0 spiro atoms. The van der Waals surface area contributed by atoms with Crippen molar-refractivity contribution in [2.45, 2.75) is 13.8 Å². The van der Waals surface area contributed by atoms with E-state index in [9.17, 15) is 9.90 Å². The van der Waals surface area contributed by atoms with E-state index in [4.69, 9.17) is 10.4 Å². The summed E-state index contributed by atoms with van der Waals surface area (Å²) in [5.41, 5.74) is 3.61. The molecule has 0 saturated heterocycles. The van der Waals surface area contributed by atoms with Crippen LogP contribution in [0.25, 0.3) is 16.9 Å². The minimum Gasteiger partial charge on any atom is -0.493 e. The molecule has 3 aromatic rings. The second kappa shape index (κ2) is 6.09. The van der Waals surface area contributed by atoms with Crippen molar-refractivity contribution in [3.05, 3.63) is 58.9 Å². The first-order valence-corrected chi connectivity index (χ1v) is 7.40. The Kier molecular flexibility index (Phi) is 3.95. The molecule has 124 valence electrons. The van der Waals surface area contributed by atoms with E-state index in [0.29, 0.717) is 16.9 Å². The molecular weight excluding hydrogens is 320 g/mol. The quantitative estimate of drug-likeness (QED) is 0.761. The van der Waals surface area contributed by atoms with Gasteiger partial charge in [0.05, 0.1) is 29.0 Å². The fraction of sp³-hybridized carbons (Fsp3) is 0.111. The van der Waals surface area contributed by atoms with Crippen molar-refractivity contribution in [1.29, 1.82) is 5.26 Å². The predicted octanol–water partition coefficient (Wildman–Crippen LogP) is 2.83. The highest BCUT2D eigenvalue weighted by Gasteiger charge is 2.18. The molecule has 2 N–H and O–H groups in total. The maximum Gasteiger partial charge on any atom is 0.337 e. The number of rotatable bonds is 3. The molecule has 2 aromatic heterocycles. The van der Waals surface area contributed by atoms with Gasteiger partial charge in [0.2, 0.25) is 5.88 Å². The van der Waals surface area contributed by atoms with E-state index in [2.05, 4.69) is 16.2 Å². The van der Waals surface area contributed by atoms with Crippen molar-refractivity contribution in [2.24, 2.45) is 0 Å². The molecule has 0 unspecified atom stereocenters. The number of nitriles is 1. The van der Waals surface area contributed by atoms with Crippen molar-refractivity contribution in [1.82, 2.24) is 14.8 Å². The number of aromatic nitrogens is 3. The Bertz CT molecular complexity index is 991. The second-order valence-corrected chi connectivity index (χ2v) is 5.60. The monoisotopic (exact) mass is 334 g/mol. The van der Waals surface area contributed by atoms with Gasteiger partial charge in [-0.2, -0.15) is 15.0 Å². The Morgan fingerprint density at radius 1 is 1.20 bits per heavy atom. The molecule has 2 heterocycles. The first kappa shape index (κ1) is 16.2. The fourth-order valence-corrected chi connectivity index (χ4v) is 2.78. The zero-order chi connectivity index (χ0) is 18.1. The molecule has 0 fully saturated rings. The van der Waals surface area contributed by atoms with Gasteiger partial charge in [0.25, 0.3) is 0 Å². The van der Waals surface area contributed by atoms with Gasteiger partial charge in [-0.25, -0.2) is 9.78 Å². The van der Waals surface area contributed by atoms with E-state index in [1.807, 2.05) is 13.8 Å². The average Bonchev–Trinajstić information content (AvgIpc) is 2.95. The van der Waals surface area contributed by atoms with Gasteiger partial charge in [-0.15, -0.1) is 0 Å². The van der Waals surface area contributed by atoms with E-state index in [0.717, 1.165) is 16.7 Å². The number of hydrogen-bond acceptors (Lipinski definition) is 5. The van der Waals surface area contributed by atoms with Gasteiger partial charge < -0.3 is 10.2 Å². The Labute approximate surface area is 143 Å². The third-order valence-corrected chi connectivity index (χ3v) is 3.89. The molecule has 0 atom stereocenters. The van der Waals surface area contributed by atoms with Crippen LogP contribution in [0.2, 0.25) is 0 Å². The summed E-state index contributed by atoms with van der Waals surface area (Å²) < 4.78 is 1.23. The molecule has 0 saturated carbocycles. The van der Waals surface area contributed by atoms with Crippen LogP contribution in [0.15, 0.2) is 36.7 Å². The molecule has 0 bridgehead atoms. The van der Waals surface area contributed by atoms with Crippen LogP contribution in [-0.4, -0.2) is 30.9 Å². The summed E-state index contributed by atoms with van der Waals surface area (Å²) in [5, 5.41) is 32.7. The van der Waals surface area contributed by atoms with Crippen LogP contribution in [0.1, 0.15) is 27.0 Å². The number of carboxylic acid groups (broad SMARTS) is 1. The van der Waals surface area contributed by atoms with Crippen molar-refractivity contribution >= 4 is 5.97 Å². The third-order valence-electron chi connectivity index (χ3n) is 3.89. The minimum atomic E-state index is -1.08. The number of aryl methyl sites for hydroxylation is 2. The number of pyridine rings is 1. The number of carboxylic acids is 1. The molecule has 0 aliphatic rings. The van der Waals surface area contributed by atoms with Gasteiger partial charge in [-0.3, -0.25) is 0 Å². The average molecular weight is 334 g/mol. The molecule has 0 amide bonds. The van der Waals surface area contributed by atoms with E-state index in [1.54, 1.807) is 12.1 Å². The Balaban J connectivity index is 2.08. The lowest BCUT2D eigenvalue weighted by Crippen LogP contribution is -2.02. The van der Waals surface area contributed by atoms with Gasteiger partial charge >= 0.3 is 5.97 Å². The van der Waals surface area contributed by atoms with Gasteiger partial charge in [-0.1, -0.05) is 0 Å². The predicted molar refractivity (Wildman–Crippen MR) is 89.6 cm³/mol. The van der Waals surface area contributed by atoms with Crippen LogP contribution in [-0.2, 0) is 0 Å². The summed E-state index contributed by atoms with van der Waals surface area (Å²) >= 11 is 0.